The first-order valence-electron chi connectivity index (χ1n) is 18.5. The van der Waals surface area contributed by atoms with E-state index in [0.717, 1.165) is 49.8 Å². The Labute approximate surface area is 369 Å². The van der Waals surface area contributed by atoms with Gasteiger partial charge in [-0.3, -0.25) is 14.4 Å². The minimum absolute atomic E-state index is 0.257. The predicted octanol–water partition coefficient (Wildman–Crippen LogP) is 7.66. The Morgan fingerprint density at radius 2 is 1.53 bits per heavy atom. The van der Waals surface area contributed by atoms with Crippen molar-refractivity contribution in [3.63, 3.8) is 0 Å². The quantitative estimate of drug-likeness (QED) is 0.0655. The summed E-state index contributed by atoms with van der Waals surface area (Å²) in [6.07, 6.45) is -10.3. The maximum absolute atomic E-state index is 14.8. The summed E-state index contributed by atoms with van der Waals surface area (Å²) in [7, 11) is 0. The molecule has 1 unspecified atom stereocenters. The molecule has 2 fully saturated rings. The van der Waals surface area contributed by atoms with Crippen LogP contribution in [0.15, 0.2) is 42.6 Å². The Kier molecular flexibility index (Phi) is 15.0. The number of amides is 1. The van der Waals surface area contributed by atoms with Gasteiger partial charge in [-0.25, -0.2) is 22.6 Å². The minimum Gasteiger partial charge on any atom is -0.463 e. The Morgan fingerprint density at radius 3 is 2.08 bits per heavy atom. The SMILES string of the molecule is CC(=O)OC[C@H]1O[C@@H](SC(c2ccccc2C(F)(F)F)C2(O)CCN(C(=O)OC(C)(C)C(Cl)(Cl)Cl)CC2)[C@H](OC(C)=O)[C@@H](n2cc(-c3cc(F)c(F)c(F)c3)nn2)[C@H]1OC(C)=O. The highest BCUT2D eigenvalue weighted by Crippen LogP contribution is 2.53. The van der Waals surface area contributed by atoms with Crippen LogP contribution in [0.5, 0.6) is 0 Å². The number of hydrogen-bond donors (Lipinski definition) is 1. The summed E-state index contributed by atoms with van der Waals surface area (Å²) in [5, 5.41) is 18.8. The first kappa shape index (κ1) is 49.0. The van der Waals surface area contributed by atoms with Crippen LogP contribution in [0.3, 0.4) is 0 Å². The molecule has 3 heterocycles. The van der Waals surface area contributed by atoms with E-state index in [1.165, 1.54) is 24.8 Å². The van der Waals surface area contributed by atoms with Crippen molar-refractivity contribution in [1.29, 1.82) is 0 Å². The largest absolute Gasteiger partial charge is 0.463 e. The lowest BCUT2D eigenvalue weighted by molar-refractivity contribution is -0.212. The third-order valence-electron chi connectivity index (χ3n) is 9.99. The molecule has 2 aliphatic rings. The average Bonchev–Trinajstić information content (AvgIpc) is 3.64. The molecule has 2 aliphatic heterocycles. The van der Waals surface area contributed by atoms with Crippen molar-refractivity contribution in [2.45, 2.75) is 104 Å². The van der Waals surface area contributed by atoms with Crippen molar-refractivity contribution >= 4 is 70.6 Å². The predicted molar refractivity (Wildman–Crippen MR) is 209 cm³/mol. The van der Waals surface area contributed by atoms with Crippen LogP contribution in [-0.4, -0.2) is 107 Å². The third-order valence-corrected chi connectivity index (χ3v) is 13.0. The van der Waals surface area contributed by atoms with Crippen molar-refractivity contribution in [2.24, 2.45) is 0 Å². The molecule has 5 rings (SSSR count). The van der Waals surface area contributed by atoms with E-state index in [1.54, 1.807) is 0 Å². The van der Waals surface area contributed by atoms with E-state index >= 15 is 0 Å². The zero-order chi connectivity index (χ0) is 46.1. The normalized spacial score (nSPS) is 22.4. The lowest BCUT2D eigenvalue weighted by Crippen LogP contribution is -2.58. The number of benzene rings is 2. The van der Waals surface area contributed by atoms with E-state index < -0.39 is 115 Å². The van der Waals surface area contributed by atoms with Crippen LogP contribution < -0.4 is 0 Å². The van der Waals surface area contributed by atoms with Gasteiger partial charge in [-0.05, 0) is 50.5 Å². The summed E-state index contributed by atoms with van der Waals surface area (Å²) in [6, 6.07) is 4.08. The Balaban J connectivity index is 1.63. The van der Waals surface area contributed by atoms with E-state index in [0.29, 0.717) is 23.9 Å². The molecule has 1 aromatic heterocycles. The van der Waals surface area contributed by atoms with Crippen LogP contribution >= 0.6 is 46.6 Å². The molecule has 3 aromatic rings. The molecular weight excluding hydrogens is 925 g/mol. The number of aromatic nitrogens is 3. The first-order valence-corrected chi connectivity index (χ1v) is 20.6. The second-order valence-corrected chi connectivity index (χ2v) is 18.4. The topological polar surface area (TPSA) is 169 Å². The number of halogens is 9. The summed E-state index contributed by atoms with van der Waals surface area (Å²) < 4.78 is 114. The number of thioether (sulfide) groups is 1. The number of carbonyl (C=O) groups excluding carboxylic acids is 4. The van der Waals surface area contributed by atoms with Crippen LogP contribution in [0.25, 0.3) is 11.3 Å². The molecule has 340 valence electrons. The molecule has 0 saturated carbocycles. The molecule has 1 N–H and O–H groups in total. The van der Waals surface area contributed by atoms with Gasteiger partial charge in [0.15, 0.2) is 35.3 Å². The molecule has 0 aliphatic carbocycles. The van der Waals surface area contributed by atoms with Gasteiger partial charge in [0.05, 0.1) is 22.6 Å². The van der Waals surface area contributed by atoms with Crippen molar-refractivity contribution < 1.29 is 74.3 Å². The minimum atomic E-state index is -4.97. The Hall–Kier alpha value is -4.02. The van der Waals surface area contributed by atoms with Crippen LogP contribution in [0.4, 0.5) is 31.1 Å². The summed E-state index contributed by atoms with van der Waals surface area (Å²) >= 11 is 18.5. The highest BCUT2D eigenvalue weighted by Gasteiger charge is 2.55. The summed E-state index contributed by atoms with van der Waals surface area (Å²) in [5.74, 6) is -7.62. The molecule has 2 saturated heterocycles. The van der Waals surface area contributed by atoms with Gasteiger partial charge in [0.2, 0.25) is 3.79 Å². The number of piperidine rings is 1. The van der Waals surface area contributed by atoms with Crippen LogP contribution in [-0.2, 0) is 44.2 Å². The Bertz CT molecular complexity index is 2130. The number of nitrogens with zero attached hydrogens (tertiary/aromatic N) is 4. The molecule has 0 radical (unpaired) electrons. The van der Waals surface area contributed by atoms with Crippen molar-refractivity contribution in [1.82, 2.24) is 19.9 Å². The second kappa shape index (κ2) is 19.0. The van der Waals surface area contributed by atoms with E-state index in [-0.39, 0.29) is 37.2 Å². The van der Waals surface area contributed by atoms with E-state index in [4.69, 9.17) is 58.5 Å². The van der Waals surface area contributed by atoms with E-state index in [1.807, 2.05) is 0 Å². The van der Waals surface area contributed by atoms with Gasteiger partial charge in [-0.1, -0.05) is 58.2 Å². The van der Waals surface area contributed by atoms with Crippen LogP contribution in [0, 0.1) is 17.5 Å². The van der Waals surface area contributed by atoms with E-state index in [9.17, 15) is 50.6 Å². The smallest absolute Gasteiger partial charge is 0.416 e. The highest BCUT2D eigenvalue weighted by atomic mass is 35.6. The third kappa shape index (κ3) is 11.2. The molecule has 0 bridgehead atoms. The number of hydrogen-bond acceptors (Lipinski definition) is 13. The fraction of sp³-hybridized carbons (Fsp3) is 0.526. The maximum Gasteiger partial charge on any atom is 0.416 e. The van der Waals surface area contributed by atoms with Gasteiger partial charge in [0, 0.05) is 39.4 Å². The number of esters is 3. The number of likely N-dealkylation sites (tertiary alicyclic amines) is 1. The van der Waals surface area contributed by atoms with Gasteiger partial charge in [-0.15, -0.1) is 16.9 Å². The average molecular weight is 964 g/mol. The summed E-state index contributed by atoms with van der Waals surface area (Å²) in [5.41, 5.74) is -7.50. The van der Waals surface area contributed by atoms with E-state index in [2.05, 4.69) is 10.3 Å². The number of aliphatic hydroxyl groups is 1. The van der Waals surface area contributed by atoms with Crippen LogP contribution in [0.1, 0.15) is 69.9 Å². The lowest BCUT2D eigenvalue weighted by Gasteiger charge is -2.48. The number of rotatable bonds is 11. The lowest BCUT2D eigenvalue weighted by atomic mass is 9.83. The second-order valence-electron chi connectivity index (χ2n) is 14.9. The first-order chi connectivity index (χ1) is 28.7. The summed E-state index contributed by atoms with van der Waals surface area (Å²) in [6.45, 7) is 4.56. The molecule has 62 heavy (non-hydrogen) atoms. The number of alkyl halides is 6. The maximum atomic E-state index is 14.8. The number of ether oxygens (including phenoxy) is 5. The highest BCUT2D eigenvalue weighted by molar-refractivity contribution is 8.00. The molecule has 24 heteroatoms. The zero-order valence-corrected chi connectivity index (χ0v) is 36.3. The van der Waals surface area contributed by atoms with Gasteiger partial charge in [-0.2, -0.15) is 13.2 Å². The van der Waals surface area contributed by atoms with Gasteiger partial charge >= 0.3 is 30.2 Å². The molecule has 2 aromatic carbocycles. The van der Waals surface area contributed by atoms with Crippen molar-refractivity contribution in [3.05, 3.63) is 71.2 Å². The fourth-order valence-electron chi connectivity index (χ4n) is 6.84. The van der Waals surface area contributed by atoms with Gasteiger partial charge in [0.25, 0.3) is 0 Å². The molecule has 6 atom stereocenters. The van der Waals surface area contributed by atoms with Crippen molar-refractivity contribution in [2.75, 3.05) is 19.7 Å². The summed E-state index contributed by atoms with van der Waals surface area (Å²) in [4.78, 5) is 51.9. The molecular formula is C38H39Cl3F6N4O10S. The molecule has 14 nitrogen and oxygen atoms in total. The zero-order valence-electron chi connectivity index (χ0n) is 33.3. The van der Waals surface area contributed by atoms with Gasteiger partial charge < -0.3 is 33.7 Å². The number of carbonyl (C=O) groups is 4. The molecule has 1 amide bonds. The standard InChI is InChI=1S/C38H39Cl3F6N4O10S/c1-18(52)57-17-27-30(58-19(2)53)29(51-16-26(48-49-51)21-14-24(42)28(44)25(43)15-21)31(59-20(3)54)33(60-27)62-32(22-8-6-7-9-23(22)37(45,46)47)36(56)10-12-50(13-11-36)34(55)61-35(4,5)38(39,40)41/h6-9,14-16,27,29-33,56H,10-13,17H2,1-5H3/t27-,29+,30+,31-,32?,33+/m1/s1. The monoisotopic (exact) mass is 962 g/mol. The van der Waals surface area contributed by atoms with Crippen molar-refractivity contribution in [3.8, 4) is 11.3 Å². The fourth-order valence-corrected chi connectivity index (χ4v) is 8.64. The molecule has 0 spiro atoms. The Morgan fingerprint density at radius 1 is 0.952 bits per heavy atom. The van der Waals surface area contributed by atoms with Gasteiger partial charge in [0.1, 0.15) is 29.9 Å². The van der Waals surface area contributed by atoms with Crippen LogP contribution in [0.2, 0.25) is 0 Å².